The highest BCUT2D eigenvalue weighted by atomic mass is 35.5. The van der Waals surface area contributed by atoms with Crippen LogP contribution >= 0.6 is 23.4 Å². The van der Waals surface area contributed by atoms with Crippen molar-refractivity contribution in [1.82, 2.24) is 4.90 Å². The molecule has 0 atom stereocenters. The lowest BCUT2D eigenvalue weighted by Crippen LogP contribution is -2.28. The second-order valence-electron chi connectivity index (χ2n) is 5.56. The Balaban J connectivity index is 1.98. The molecule has 1 aliphatic rings. The van der Waals surface area contributed by atoms with Crippen LogP contribution in [0.5, 0.6) is 0 Å². The van der Waals surface area contributed by atoms with Crippen molar-refractivity contribution in [2.75, 3.05) is 6.54 Å². The van der Waals surface area contributed by atoms with Gasteiger partial charge in [0.15, 0.2) is 5.17 Å². The van der Waals surface area contributed by atoms with Crippen LogP contribution in [0, 0.1) is 0 Å². The Hall–Kier alpha value is -2.04. The Morgan fingerprint density at radius 1 is 1.12 bits per heavy atom. The van der Waals surface area contributed by atoms with Crippen molar-refractivity contribution < 1.29 is 4.79 Å². The molecular formula is C20H19ClN2OS. The van der Waals surface area contributed by atoms with Crippen molar-refractivity contribution in [3.8, 4) is 0 Å². The molecule has 1 saturated heterocycles. The highest BCUT2D eigenvalue weighted by molar-refractivity contribution is 8.18. The van der Waals surface area contributed by atoms with Crippen LogP contribution in [0.25, 0.3) is 6.08 Å². The molecule has 0 N–H and O–H groups in total. The van der Waals surface area contributed by atoms with Gasteiger partial charge < -0.3 is 0 Å². The fourth-order valence-corrected chi connectivity index (χ4v) is 3.86. The van der Waals surface area contributed by atoms with Gasteiger partial charge in [0.05, 0.1) is 10.6 Å². The normalized spacial score (nSPS) is 17.7. The van der Waals surface area contributed by atoms with E-state index < -0.39 is 0 Å². The van der Waals surface area contributed by atoms with Crippen molar-refractivity contribution in [3.05, 3.63) is 69.6 Å². The van der Waals surface area contributed by atoms with E-state index in [0.29, 0.717) is 21.6 Å². The van der Waals surface area contributed by atoms with Gasteiger partial charge in [-0.1, -0.05) is 54.9 Å². The zero-order valence-corrected chi connectivity index (χ0v) is 15.8. The zero-order valence-electron chi connectivity index (χ0n) is 14.2. The quantitative estimate of drug-likeness (QED) is 0.663. The number of aryl methyl sites for hydroxylation is 1. The van der Waals surface area contributed by atoms with Crippen LogP contribution in [0.15, 0.2) is 58.4 Å². The van der Waals surface area contributed by atoms with Crippen LogP contribution in [0.4, 0.5) is 5.69 Å². The summed E-state index contributed by atoms with van der Waals surface area (Å²) in [5, 5.41) is 1.35. The van der Waals surface area contributed by atoms with Crippen LogP contribution in [0.1, 0.15) is 25.0 Å². The lowest BCUT2D eigenvalue weighted by Gasteiger charge is -2.12. The minimum atomic E-state index is -0.0276. The van der Waals surface area contributed by atoms with E-state index in [4.69, 9.17) is 16.6 Å². The molecule has 128 valence electrons. The fourth-order valence-electron chi connectivity index (χ4n) is 2.63. The maximum atomic E-state index is 12.7. The predicted octanol–water partition coefficient (Wildman–Crippen LogP) is 5.53. The molecule has 0 spiro atoms. The summed E-state index contributed by atoms with van der Waals surface area (Å²) in [5.74, 6) is -0.0276. The largest absolute Gasteiger partial charge is 0.287 e. The Morgan fingerprint density at radius 2 is 1.84 bits per heavy atom. The summed E-state index contributed by atoms with van der Waals surface area (Å²) in [6.45, 7) is 4.64. The number of carbonyl (C=O) groups excluding carboxylic acids is 1. The molecule has 0 aromatic heterocycles. The van der Waals surface area contributed by atoms with Crippen LogP contribution in [0.3, 0.4) is 0 Å². The highest BCUT2D eigenvalue weighted by Crippen LogP contribution is 2.35. The number of amidine groups is 1. The summed E-state index contributed by atoms with van der Waals surface area (Å²) in [4.78, 5) is 19.8. The minimum absolute atomic E-state index is 0.0276. The molecular weight excluding hydrogens is 352 g/mol. The maximum Gasteiger partial charge on any atom is 0.266 e. The van der Waals surface area contributed by atoms with Crippen LogP contribution < -0.4 is 0 Å². The van der Waals surface area contributed by atoms with Gasteiger partial charge in [0, 0.05) is 11.6 Å². The van der Waals surface area contributed by atoms with Gasteiger partial charge in [-0.25, -0.2) is 4.99 Å². The number of halogens is 1. The Bertz CT molecular complexity index is 860. The fraction of sp³-hybridized carbons (Fsp3) is 0.200. The first-order valence-electron chi connectivity index (χ1n) is 8.26. The molecule has 3 rings (SSSR count). The highest BCUT2D eigenvalue weighted by Gasteiger charge is 2.32. The maximum absolute atomic E-state index is 12.7. The third-order valence-corrected chi connectivity index (χ3v) is 5.34. The number of rotatable bonds is 4. The Labute approximate surface area is 157 Å². The number of thioether (sulfide) groups is 1. The number of nitrogens with zero attached hydrogens (tertiary/aromatic N) is 2. The van der Waals surface area contributed by atoms with E-state index in [-0.39, 0.29) is 5.91 Å². The van der Waals surface area contributed by atoms with Crippen LogP contribution in [-0.2, 0) is 11.2 Å². The van der Waals surface area contributed by atoms with Gasteiger partial charge in [-0.3, -0.25) is 9.69 Å². The molecule has 5 heteroatoms. The summed E-state index contributed by atoms with van der Waals surface area (Å²) in [5.41, 5.74) is 2.92. The molecule has 0 unspecified atom stereocenters. The van der Waals surface area contributed by atoms with E-state index in [9.17, 15) is 4.79 Å². The molecule has 1 amide bonds. The van der Waals surface area contributed by atoms with Gasteiger partial charge in [-0.15, -0.1) is 0 Å². The summed E-state index contributed by atoms with van der Waals surface area (Å²) in [7, 11) is 0. The molecule has 2 aromatic rings. The van der Waals surface area contributed by atoms with Gasteiger partial charge in [-0.2, -0.15) is 0 Å². The molecule has 1 heterocycles. The van der Waals surface area contributed by atoms with E-state index in [1.165, 1.54) is 17.3 Å². The average molecular weight is 371 g/mol. The number of carbonyl (C=O) groups is 1. The van der Waals surface area contributed by atoms with Gasteiger partial charge in [0.1, 0.15) is 0 Å². The van der Waals surface area contributed by atoms with E-state index in [2.05, 4.69) is 13.0 Å². The SMILES string of the molecule is CCc1ccccc1N=C1S/C(=C/c2ccccc2Cl)C(=O)N1CC. The third kappa shape index (κ3) is 3.80. The van der Waals surface area contributed by atoms with Gasteiger partial charge in [0.25, 0.3) is 5.91 Å². The summed E-state index contributed by atoms with van der Waals surface area (Å²) in [6.07, 6.45) is 2.74. The van der Waals surface area contributed by atoms with Crippen LogP contribution in [0.2, 0.25) is 5.02 Å². The molecule has 1 aliphatic heterocycles. The minimum Gasteiger partial charge on any atom is -0.287 e. The van der Waals surface area contributed by atoms with Crippen LogP contribution in [-0.4, -0.2) is 22.5 Å². The van der Waals surface area contributed by atoms with Gasteiger partial charge >= 0.3 is 0 Å². The second-order valence-corrected chi connectivity index (χ2v) is 6.97. The lowest BCUT2D eigenvalue weighted by molar-refractivity contribution is -0.122. The topological polar surface area (TPSA) is 32.7 Å². The summed E-state index contributed by atoms with van der Waals surface area (Å²) in [6, 6.07) is 15.5. The smallest absolute Gasteiger partial charge is 0.266 e. The second kappa shape index (κ2) is 7.89. The molecule has 0 aliphatic carbocycles. The number of likely N-dealkylation sites (N-methyl/N-ethyl adjacent to an activating group) is 1. The summed E-state index contributed by atoms with van der Waals surface area (Å²) >= 11 is 7.62. The first-order chi connectivity index (χ1) is 12.1. The van der Waals surface area contributed by atoms with Crippen molar-refractivity contribution in [3.63, 3.8) is 0 Å². The number of amides is 1. The molecule has 1 fully saturated rings. The standard InChI is InChI=1S/C20H19ClN2OS/c1-3-14-9-6-8-12-17(14)22-20-23(4-2)19(24)18(25-20)13-15-10-5-7-11-16(15)21/h5-13H,3-4H2,1-2H3/b18-13+,22-20?. The van der Waals surface area contributed by atoms with Crippen molar-refractivity contribution in [2.45, 2.75) is 20.3 Å². The zero-order chi connectivity index (χ0) is 17.8. The van der Waals surface area contributed by atoms with Gasteiger partial charge in [0.2, 0.25) is 0 Å². The molecule has 3 nitrogen and oxygen atoms in total. The summed E-state index contributed by atoms with van der Waals surface area (Å²) < 4.78 is 0. The molecule has 0 radical (unpaired) electrons. The Morgan fingerprint density at radius 3 is 2.56 bits per heavy atom. The first kappa shape index (κ1) is 17.8. The number of hydrogen-bond acceptors (Lipinski definition) is 3. The molecule has 25 heavy (non-hydrogen) atoms. The molecule has 0 saturated carbocycles. The predicted molar refractivity (Wildman–Crippen MR) is 107 cm³/mol. The van der Waals surface area contributed by atoms with Crippen molar-refractivity contribution in [1.29, 1.82) is 0 Å². The number of benzene rings is 2. The van der Waals surface area contributed by atoms with Crippen molar-refractivity contribution in [2.24, 2.45) is 4.99 Å². The van der Waals surface area contributed by atoms with E-state index in [1.54, 1.807) is 4.90 Å². The number of hydrogen-bond donors (Lipinski definition) is 0. The average Bonchev–Trinajstić information content (AvgIpc) is 2.92. The first-order valence-corrected chi connectivity index (χ1v) is 9.46. The third-order valence-electron chi connectivity index (χ3n) is 3.98. The van der Waals surface area contributed by atoms with E-state index in [0.717, 1.165) is 17.7 Å². The lowest BCUT2D eigenvalue weighted by atomic mass is 10.1. The number of aliphatic imine (C=N–C) groups is 1. The van der Waals surface area contributed by atoms with E-state index >= 15 is 0 Å². The number of para-hydroxylation sites is 1. The molecule has 2 aromatic carbocycles. The van der Waals surface area contributed by atoms with Gasteiger partial charge in [-0.05, 0) is 54.4 Å². The molecule has 0 bridgehead atoms. The monoisotopic (exact) mass is 370 g/mol. The van der Waals surface area contributed by atoms with Crippen molar-refractivity contribution >= 4 is 46.2 Å². The van der Waals surface area contributed by atoms with E-state index in [1.807, 2.05) is 55.5 Å². The Kier molecular flexibility index (Phi) is 5.61.